The number of alkyl halides is 15. The number of rotatable bonds is 5. The fourth-order valence-electron chi connectivity index (χ4n) is 1.25. The zero-order valence-electron chi connectivity index (χ0n) is 10.4. The van der Waals surface area contributed by atoms with E-state index in [0.29, 0.717) is 0 Å². The van der Waals surface area contributed by atoms with E-state index >= 15 is 0 Å². The Hall–Kier alpha value is 4.93. The van der Waals surface area contributed by atoms with Crippen molar-refractivity contribution in [2.45, 2.75) is 29.8 Å². The molecule has 0 fully saturated rings. The van der Waals surface area contributed by atoms with E-state index in [1.165, 1.54) is 0 Å². The molecule has 25 heavy (non-hydrogen) atoms. The first kappa shape index (κ1) is 29.9. The van der Waals surface area contributed by atoms with Crippen molar-refractivity contribution < 1.29 is 0 Å². The minimum atomic E-state index is -2.97. The molecule has 0 nitrogen and oxygen atoms in total. The summed E-state index contributed by atoms with van der Waals surface area (Å²) in [6, 6.07) is 0. The van der Waals surface area contributed by atoms with Gasteiger partial charge in [0.2, 0.25) is 7.59 Å². The monoisotopic (exact) mass is 690 g/mol. The quantitative estimate of drug-likeness (QED) is 0.251. The zero-order chi connectivity index (χ0) is 21.1. The average molecular weight is 699 g/mol. The molecule has 0 atom stereocenters. The third kappa shape index (κ3) is 4.98. The molecule has 0 aliphatic rings. The van der Waals surface area contributed by atoms with Gasteiger partial charge in [-0.1, -0.05) is 186 Å². The molecular formula is C8Cl17. The van der Waals surface area contributed by atoms with Crippen molar-refractivity contribution in [2.24, 2.45) is 0 Å². The standard InChI is InChI=1S/C8Cl17/c9-1(10)2(11,12)4(14,15)6(18,19)5(16,17)3(13,7(20,21)22)8(23,24)25. The lowest BCUT2D eigenvalue weighted by atomic mass is 9.99. The van der Waals surface area contributed by atoms with Gasteiger partial charge in [-0.2, -0.15) is 0 Å². The predicted octanol–water partition coefficient (Wildman–Crippen LogP) is 10.4. The third-order valence-corrected chi connectivity index (χ3v) is 12.4. The highest BCUT2D eigenvalue weighted by molar-refractivity contribution is 6.83. The molecule has 151 valence electrons. The molecule has 0 amide bonds. The van der Waals surface area contributed by atoms with Crippen LogP contribution in [0.15, 0.2) is 0 Å². The van der Waals surface area contributed by atoms with E-state index < -0.39 is 34.6 Å². The lowest BCUT2D eigenvalue weighted by Crippen LogP contribution is -2.71. The highest BCUT2D eigenvalue weighted by atomic mass is 35.6. The molecule has 0 aliphatic heterocycles. The van der Waals surface area contributed by atoms with Gasteiger partial charge >= 0.3 is 0 Å². The van der Waals surface area contributed by atoms with Crippen LogP contribution in [-0.2, 0) is 0 Å². The molecule has 0 N–H and O–H groups in total. The fraction of sp³-hybridized carbons (Fsp3) is 0.875. The Morgan fingerprint density at radius 2 is 0.680 bits per heavy atom. The van der Waals surface area contributed by atoms with Gasteiger partial charge in [0.1, 0.15) is 0 Å². The maximum absolute atomic E-state index is 6.20. The fourth-order valence-corrected chi connectivity index (χ4v) is 7.24. The van der Waals surface area contributed by atoms with E-state index in [1.54, 1.807) is 0 Å². The van der Waals surface area contributed by atoms with E-state index in [9.17, 15) is 0 Å². The summed E-state index contributed by atoms with van der Waals surface area (Å²) in [7, 11) is 0. The van der Waals surface area contributed by atoms with Crippen molar-refractivity contribution in [3.05, 3.63) is 4.84 Å². The Morgan fingerprint density at radius 3 is 0.880 bits per heavy atom. The summed E-state index contributed by atoms with van der Waals surface area (Å²) in [5.74, 6) is 0. The van der Waals surface area contributed by atoms with E-state index in [1.807, 2.05) is 0 Å². The van der Waals surface area contributed by atoms with Crippen LogP contribution in [0.1, 0.15) is 0 Å². The minimum absolute atomic E-state index is 0.793. The Balaban J connectivity index is 6.75. The molecular weight excluding hydrogens is 699 g/mol. The maximum atomic E-state index is 6.20. The molecule has 0 saturated heterocycles. The second kappa shape index (κ2) is 9.05. The van der Waals surface area contributed by atoms with Gasteiger partial charge in [0, 0.05) is 0 Å². The van der Waals surface area contributed by atoms with Crippen molar-refractivity contribution in [1.82, 2.24) is 0 Å². The van der Waals surface area contributed by atoms with E-state index in [-0.39, 0.29) is 0 Å². The Kier molecular flexibility index (Phi) is 10.8. The molecule has 0 spiro atoms. The number of hydrogen-bond donors (Lipinski definition) is 0. The minimum Gasteiger partial charge on any atom is -0.106 e. The average Bonchev–Trinajstić information content (AvgIpc) is 2.33. The molecule has 0 saturated carbocycles. The van der Waals surface area contributed by atoms with Crippen LogP contribution < -0.4 is 0 Å². The Labute approximate surface area is 228 Å². The van der Waals surface area contributed by atoms with E-state index in [2.05, 4.69) is 0 Å². The van der Waals surface area contributed by atoms with Gasteiger partial charge in [0.05, 0.1) is 0 Å². The molecule has 0 aliphatic carbocycles. The van der Waals surface area contributed by atoms with Gasteiger partial charge in [-0.05, 0) is 0 Å². The molecule has 0 bridgehead atoms. The lowest BCUT2D eigenvalue weighted by molar-refractivity contribution is 0.439. The third-order valence-electron chi connectivity index (χ3n) is 2.63. The SMILES string of the molecule is Cl[C](Cl)C(Cl)(Cl)C(Cl)(Cl)C(Cl)(Cl)C(Cl)(Cl)C(Cl)(C(Cl)(Cl)Cl)C(Cl)(Cl)Cl. The summed E-state index contributed by atoms with van der Waals surface area (Å²) in [6.07, 6.45) is 0. The van der Waals surface area contributed by atoms with Crippen molar-refractivity contribution in [1.29, 1.82) is 0 Å². The van der Waals surface area contributed by atoms with Gasteiger partial charge in [0.25, 0.3) is 0 Å². The summed E-state index contributed by atoms with van der Waals surface area (Å²) in [6.45, 7) is 0. The first-order valence-electron chi connectivity index (χ1n) is 4.96. The maximum Gasteiger partial charge on any atom is 0.216 e. The summed E-state index contributed by atoms with van der Waals surface area (Å²) in [5.41, 5.74) is 0. The summed E-state index contributed by atoms with van der Waals surface area (Å²) >= 11 is 101. The molecule has 0 heterocycles. The van der Waals surface area contributed by atoms with E-state index in [4.69, 9.17) is 197 Å². The molecule has 0 aromatic rings. The van der Waals surface area contributed by atoms with Crippen molar-refractivity contribution in [3.8, 4) is 0 Å². The second-order valence-electron chi connectivity index (χ2n) is 4.21. The van der Waals surface area contributed by atoms with Gasteiger partial charge in [-0.25, -0.2) is 0 Å². The van der Waals surface area contributed by atoms with Crippen LogP contribution >= 0.6 is 197 Å². The summed E-state index contributed by atoms with van der Waals surface area (Å²) in [5, 5.41) is 0. The number of halogens is 17. The zero-order valence-corrected chi connectivity index (χ0v) is 23.3. The molecule has 17 heteroatoms. The second-order valence-corrected chi connectivity index (χ2v) is 15.6. The lowest BCUT2D eigenvalue weighted by Gasteiger charge is -2.54. The molecule has 1 radical (unpaired) electrons. The predicted molar refractivity (Wildman–Crippen MR) is 122 cm³/mol. The smallest absolute Gasteiger partial charge is 0.106 e. The molecule has 0 aromatic carbocycles. The van der Waals surface area contributed by atoms with Gasteiger partial charge < -0.3 is 0 Å². The van der Waals surface area contributed by atoms with Crippen LogP contribution in [0, 0.1) is 4.84 Å². The Morgan fingerprint density at radius 1 is 0.400 bits per heavy atom. The van der Waals surface area contributed by atoms with Crippen LogP contribution in [0.2, 0.25) is 0 Å². The van der Waals surface area contributed by atoms with Crippen molar-refractivity contribution >= 4 is 197 Å². The molecule has 0 rings (SSSR count). The van der Waals surface area contributed by atoms with Gasteiger partial charge in [-0.3, -0.25) is 0 Å². The van der Waals surface area contributed by atoms with Crippen LogP contribution in [0.3, 0.4) is 0 Å². The van der Waals surface area contributed by atoms with Gasteiger partial charge in [-0.15, -0.1) is 11.6 Å². The normalized spacial score (nSPS) is 16.6. The van der Waals surface area contributed by atoms with Crippen LogP contribution in [-0.4, -0.2) is 29.8 Å². The first-order valence-corrected chi connectivity index (χ1v) is 11.4. The molecule has 0 aromatic heterocycles. The number of hydrogen-bond acceptors (Lipinski definition) is 0. The van der Waals surface area contributed by atoms with Gasteiger partial charge in [0.15, 0.2) is 27.0 Å². The highest BCUT2D eigenvalue weighted by Crippen LogP contribution is 2.73. The van der Waals surface area contributed by atoms with Crippen molar-refractivity contribution in [3.63, 3.8) is 0 Å². The summed E-state index contributed by atoms with van der Waals surface area (Å²) in [4.78, 5) is -3.68. The molecule has 0 unspecified atom stereocenters. The van der Waals surface area contributed by atoms with E-state index in [0.717, 1.165) is 0 Å². The largest absolute Gasteiger partial charge is 0.216 e. The summed E-state index contributed by atoms with van der Waals surface area (Å²) < 4.78 is -16.7. The van der Waals surface area contributed by atoms with Crippen molar-refractivity contribution in [2.75, 3.05) is 0 Å². The highest BCUT2D eigenvalue weighted by Gasteiger charge is 2.81. The Bertz CT molecular complexity index is 464. The van der Waals surface area contributed by atoms with Crippen LogP contribution in [0.4, 0.5) is 0 Å². The topological polar surface area (TPSA) is 0 Å². The van der Waals surface area contributed by atoms with Crippen LogP contribution in [0.5, 0.6) is 0 Å². The first-order chi connectivity index (χ1) is 10.4. The van der Waals surface area contributed by atoms with Crippen LogP contribution in [0.25, 0.3) is 0 Å².